The molecule has 1 aromatic heterocycles. The van der Waals surface area contributed by atoms with Crippen LogP contribution in [0, 0.1) is 13.8 Å². The molecule has 0 fully saturated rings. The Hall–Kier alpha value is -3.53. The lowest BCUT2D eigenvalue weighted by molar-refractivity contribution is -0.117. The molecule has 3 aromatic rings. The van der Waals surface area contributed by atoms with Gasteiger partial charge in [0.2, 0.25) is 11.1 Å². The van der Waals surface area contributed by atoms with Gasteiger partial charge >= 0.3 is 6.03 Å². The summed E-state index contributed by atoms with van der Waals surface area (Å²) in [5.74, 6) is 6.55. The van der Waals surface area contributed by atoms with Crippen LogP contribution in [-0.4, -0.2) is 39.7 Å². The summed E-state index contributed by atoms with van der Waals surface area (Å²) in [4.78, 5) is 24.1. The molecule has 0 saturated heterocycles. The van der Waals surface area contributed by atoms with Crippen molar-refractivity contribution in [3.8, 4) is 17.1 Å². The fourth-order valence-electron chi connectivity index (χ4n) is 2.66. The summed E-state index contributed by atoms with van der Waals surface area (Å²) < 4.78 is 6.60. The van der Waals surface area contributed by atoms with Gasteiger partial charge in [-0.05, 0) is 49.2 Å². The van der Waals surface area contributed by atoms with E-state index in [-0.39, 0.29) is 5.75 Å². The van der Waals surface area contributed by atoms with Gasteiger partial charge in [-0.1, -0.05) is 30.0 Å². The van der Waals surface area contributed by atoms with Crippen LogP contribution in [0.25, 0.3) is 11.4 Å². The van der Waals surface area contributed by atoms with Gasteiger partial charge in [-0.2, -0.15) is 0 Å². The summed E-state index contributed by atoms with van der Waals surface area (Å²) in [6.45, 7) is 3.93. The summed E-state index contributed by atoms with van der Waals surface area (Å²) in [7, 11) is 1.55. The maximum absolute atomic E-state index is 12.1. The Labute approximate surface area is 178 Å². The number of para-hydroxylation sites is 1. The minimum atomic E-state index is -0.604. The highest BCUT2D eigenvalue weighted by Crippen LogP contribution is 2.29. The number of nitrogens with two attached hydrogens (primary N) is 1. The Balaban J connectivity index is 1.58. The molecule has 3 amide bonds. The van der Waals surface area contributed by atoms with E-state index in [9.17, 15) is 9.59 Å². The van der Waals surface area contributed by atoms with Crippen molar-refractivity contribution in [1.82, 2.24) is 20.2 Å². The second-order valence-corrected chi connectivity index (χ2v) is 7.41. The molecule has 156 valence electrons. The number of nitrogens with one attached hydrogen (secondary N) is 2. The predicted octanol–water partition coefficient (Wildman–Crippen LogP) is 2.72. The number of carbonyl (C=O) groups is 2. The van der Waals surface area contributed by atoms with Crippen molar-refractivity contribution in [3.63, 3.8) is 0 Å². The zero-order chi connectivity index (χ0) is 21.7. The first-order chi connectivity index (χ1) is 14.4. The summed E-state index contributed by atoms with van der Waals surface area (Å²) >= 11 is 1.07. The number of anilines is 1. The van der Waals surface area contributed by atoms with Gasteiger partial charge < -0.3 is 15.9 Å². The second kappa shape index (κ2) is 9.31. The number of imide groups is 1. The van der Waals surface area contributed by atoms with E-state index in [1.165, 1.54) is 4.68 Å². The molecular weight excluding hydrogens is 404 g/mol. The van der Waals surface area contributed by atoms with Gasteiger partial charge in [0.05, 0.1) is 18.4 Å². The van der Waals surface area contributed by atoms with E-state index in [1.807, 2.05) is 44.2 Å². The van der Waals surface area contributed by atoms with E-state index < -0.39 is 11.9 Å². The van der Waals surface area contributed by atoms with Crippen molar-refractivity contribution >= 4 is 29.4 Å². The van der Waals surface area contributed by atoms with Crippen LogP contribution in [0.1, 0.15) is 11.1 Å². The van der Waals surface area contributed by atoms with Crippen LogP contribution >= 0.6 is 11.8 Å². The highest BCUT2D eigenvalue weighted by molar-refractivity contribution is 7.99. The molecule has 30 heavy (non-hydrogen) atoms. The van der Waals surface area contributed by atoms with Gasteiger partial charge in [-0.3, -0.25) is 10.1 Å². The molecule has 9 nitrogen and oxygen atoms in total. The van der Waals surface area contributed by atoms with E-state index in [4.69, 9.17) is 10.6 Å². The lowest BCUT2D eigenvalue weighted by Gasteiger charge is -2.09. The van der Waals surface area contributed by atoms with Crippen LogP contribution in [0.4, 0.5) is 10.5 Å². The third kappa shape index (κ3) is 4.90. The Morgan fingerprint density at radius 2 is 1.90 bits per heavy atom. The minimum absolute atomic E-state index is 0.0540. The molecule has 3 rings (SSSR count). The highest BCUT2D eigenvalue weighted by atomic mass is 32.2. The number of aromatic nitrogens is 3. The fraction of sp³-hybridized carbons (Fsp3) is 0.200. The van der Waals surface area contributed by atoms with Crippen molar-refractivity contribution < 1.29 is 14.3 Å². The molecule has 0 spiro atoms. The number of thioether (sulfide) groups is 1. The Morgan fingerprint density at radius 1 is 1.13 bits per heavy atom. The number of amides is 3. The maximum atomic E-state index is 12.1. The highest BCUT2D eigenvalue weighted by Gasteiger charge is 2.17. The third-order valence-corrected chi connectivity index (χ3v) is 5.31. The first-order valence-corrected chi connectivity index (χ1v) is 10.0. The van der Waals surface area contributed by atoms with Gasteiger partial charge in [-0.25, -0.2) is 9.47 Å². The van der Waals surface area contributed by atoms with Crippen LogP contribution in [0.5, 0.6) is 5.75 Å². The van der Waals surface area contributed by atoms with Crippen LogP contribution in [0.3, 0.4) is 0 Å². The second-order valence-electron chi connectivity index (χ2n) is 6.47. The van der Waals surface area contributed by atoms with Gasteiger partial charge in [0.25, 0.3) is 0 Å². The Kier molecular flexibility index (Phi) is 6.58. The molecule has 0 aliphatic carbocycles. The van der Waals surface area contributed by atoms with E-state index >= 15 is 0 Å². The average molecular weight is 427 g/mol. The van der Waals surface area contributed by atoms with E-state index in [0.29, 0.717) is 28.0 Å². The first-order valence-electron chi connectivity index (χ1n) is 9.03. The number of nitrogen functional groups attached to an aromatic ring is 1. The van der Waals surface area contributed by atoms with E-state index in [2.05, 4.69) is 20.8 Å². The number of ether oxygens (including phenoxy) is 1. The molecule has 10 heteroatoms. The molecular formula is C20H22N6O3S. The standard InChI is InChI=1S/C20H22N6O3S/c1-12-8-9-14(10-13(12)2)22-19(28)23-17(27)11-30-20-25-24-18(26(20)21)15-6-4-5-7-16(15)29-3/h4-10H,11,21H2,1-3H3,(H2,22,23,27,28). The molecule has 0 aliphatic rings. The number of rotatable bonds is 6. The quantitative estimate of drug-likeness (QED) is 0.409. The van der Waals surface area contributed by atoms with Crippen molar-refractivity contribution in [1.29, 1.82) is 0 Å². The van der Waals surface area contributed by atoms with E-state index in [0.717, 1.165) is 22.9 Å². The van der Waals surface area contributed by atoms with Crippen LogP contribution in [-0.2, 0) is 4.79 Å². The molecule has 0 bridgehead atoms. The van der Waals surface area contributed by atoms with Crippen molar-refractivity contribution in [3.05, 3.63) is 53.6 Å². The zero-order valence-corrected chi connectivity index (χ0v) is 17.6. The number of aryl methyl sites for hydroxylation is 2. The summed E-state index contributed by atoms with van der Waals surface area (Å²) in [6.07, 6.45) is 0. The zero-order valence-electron chi connectivity index (χ0n) is 16.8. The molecule has 0 aliphatic heterocycles. The molecule has 4 N–H and O–H groups in total. The van der Waals surface area contributed by atoms with Crippen LogP contribution in [0.15, 0.2) is 47.6 Å². The van der Waals surface area contributed by atoms with Gasteiger partial charge in [0.15, 0.2) is 5.82 Å². The lowest BCUT2D eigenvalue weighted by Crippen LogP contribution is -2.35. The minimum Gasteiger partial charge on any atom is -0.496 e. The molecule has 0 unspecified atom stereocenters. The van der Waals surface area contributed by atoms with Crippen molar-refractivity contribution in [2.75, 3.05) is 24.0 Å². The molecule has 0 radical (unpaired) electrons. The monoisotopic (exact) mass is 426 g/mol. The van der Waals surface area contributed by atoms with E-state index in [1.54, 1.807) is 19.2 Å². The SMILES string of the molecule is COc1ccccc1-c1nnc(SCC(=O)NC(=O)Nc2ccc(C)c(C)c2)n1N. The van der Waals surface area contributed by atoms with Crippen molar-refractivity contribution in [2.45, 2.75) is 19.0 Å². The topological polar surface area (TPSA) is 124 Å². The van der Waals surface area contributed by atoms with Crippen LogP contribution < -0.4 is 21.2 Å². The third-order valence-electron chi connectivity index (χ3n) is 4.36. The Morgan fingerprint density at radius 3 is 2.63 bits per heavy atom. The number of benzene rings is 2. The lowest BCUT2D eigenvalue weighted by atomic mass is 10.1. The largest absolute Gasteiger partial charge is 0.496 e. The number of hydrogen-bond acceptors (Lipinski definition) is 7. The first kappa shape index (κ1) is 21.2. The van der Waals surface area contributed by atoms with Gasteiger partial charge in [-0.15, -0.1) is 10.2 Å². The molecule has 0 saturated carbocycles. The maximum Gasteiger partial charge on any atom is 0.325 e. The van der Waals surface area contributed by atoms with Gasteiger partial charge in [0, 0.05) is 5.69 Å². The number of methoxy groups -OCH3 is 1. The summed E-state index contributed by atoms with van der Waals surface area (Å²) in [5, 5.41) is 13.4. The molecule has 1 heterocycles. The van der Waals surface area contributed by atoms with Crippen LogP contribution in [0.2, 0.25) is 0 Å². The smallest absolute Gasteiger partial charge is 0.325 e. The Bertz CT molecular complexity index is 1080. The fourth-order valence-corrected chi connectivity index (χ4v) is 3.32. The number of urea groups is 1. The van der Waals surface area contributed by atoms with Gasteiger partial charge in [0.1, 0.15) is 5.75 Å². The number of hydrogen-bond donors (Lipinski definition) is 3. The summed E-state index contributed by atoms with van der Waals surface area (Å²) in [6, 6.07) is 12.2. The number of nitrogens with zero attached hydrogens (tertiary/aromatic N) is 3. The molecule has 2 aromatic carbocycles. The average Bonchev–Trinajstić information content (AvgIpc) is 3.09. The summed E-state index contributed by atoms with van der Waals surface area (Å²) in [5.41, 5.74) is 3.45. The normalized spacial score (nSPS) is 10.5. The molecule has 0 atom stereocenters. The number of carbonyl (C=O) groups excluding carboxylic acids is 2. The predicted molar refractivity (Wildman–Crippen MR) is 116 cm³/mol. The van der Waals surface area contributed by atoms with Crippen molar-refractivity contribution in [2.24, 2.45) is 0 Å².